The Morgan fingerprint density at radius 3 is 2.48 bits per heavy atom. The molecular formula is C26H29N3O4. The molecule has 33 heavy (non-hydrogen) atoms. The van der Waals surface area contributed by atoms with Gasteiger partial charge in [-0.25, -0.2) is 0 Å². The predicted molar refractivity (Wildman–Crippen MR) is 128 cm³/mol. The maximum atomic E-state index is 13.4. The molecule has 1 fully saturated rings. The number of amides is 3. The van der Waals surface area contributed by atoms with Crippen LogP contribution in [-0.2, 0) is 9.59 Å². The fraction of sp³-hybridized carbons (Fsp3) is 0.346. The molecule has 0 radical (unpaired) electrons. The summed E-state index contributed by atoms with van der Waals surface area (Å²) in [6.45, 7) is 6.29. The third-order valence-corrected chi connectivity index (χ3v) is 5.81. The van der Waals surface area contributed by atoms with Gasteiger partial charge in [0.1, 0.15) is 11.8 Å². The number of phenolic OH excluding ortho intramolecular Hbond substituents is 1. The highest BCUT2D eigenvalue weighted by Crippen LogP contribution is 2.30. The molecule has 0 aliphatic carbocycles. The minimum atomic E-state index is -0.610. The minimum Gasteiger partial charge on any atom is -0.508 e. The lowest BCUT2D eigenvalue weighted by Gasteiger charge is -2.21. The molecule has 2 atom stereocenters. The van der Waals surface area contributed by atoms with Crippen LogP contribution >= 0.6 is 0 Å². The number of hydrogen-bond acceptors (Lipinski definition) is 4. The number of phenols is 1. The Balaban J connectivity index is 1.52. The smallest absolute Gasteiger partial charge is 0.256 e. The van der Waals surface area contributed by atoms with Gasteiger partial charge in [0.2, 0.25) is 11.8 Å². The number of benzene rings is 2. The van der Waals surface area contributed by atoms with Crippen molar-refractivity contribution in [1.29, 1.82) is 0 Å². The first-order chi connectivity index (χ1) is 15.6. The maximum Gasteiger partial charge on any atom is 0.256 e. The molecule has 2 aromatic rings. The van der Waals surface area contributed by atoms with Crippen LogP contribution < -0.4 is 10.6 Å². The normalized spacial score (nSPS) is 20.3. The molecule has 0 spiro atoms. The topological polar surface area (TPSA) is 98.7 Å². The standard InChI is InChI=1S/C26H29N3O4/c1-26(2,3)14-23(31)27-18-13-22-24(32)28-21-11-8-17(12-20(21)25(33)29(22)15-18)5-4-16-6-9-19(30)10-7-16/h4-12,18,22,30H,13-15H2,1-3H3,(H,27,31)(H,28,32)/b5-4+/t18-,22-/m0/s1. The van der Waals surface area contributed by atoms with Crippen molar-refractivity contribution in [3.8, 4) is 5.75 Å². The first-order valence-corrected chi connectivity index (χ1v) is 11.1. The van der Waals surface area contributed by atoms with E-state index in [4.69, 9.17) is 0 Å². The van der Waals surface area contributed by atoms with E-state index in [-0.39, 0.29) is 34.9 Å². The van der Waals surface area contributed by atoms with E-state index < -0.39 is 6.04 Å². The number of hydrogen-bond donors (Lipinski definition) is 3. The van der Waals surface area contributed by atoms with Crippen molar-refractivity contribution in [2.75, 3.05) is 11.9 Å². The molecule has 0 aromatic heterocycles. The number of anilines is 1. The van der Waals surface area contributed by atoms with E-state index in [2.05, 4.69) is 10.6 Å². The summed E-state index contributed by atoms with van der Waals surface area (Å²) in [7, 11) is 0. The van der Waals surface area contributed by atoms with Crippen LogP contribution in [0.15, 0.2) is 42.5 Å². The van der Waals surface area contributed by atoms with Gasteiger partial charge in [-0.3, -0.25) is 14.4 Å². The van der Waals surface area contributed by atoms with Crippen molar-refractivity contribution in [3.05, 3.63) is 59.2 Å². The van der Waals surface area contributed by atoms with Gasteiger partial charge in [-0.2, -0.15) is 0 Å². The monoisotopic (exact) mass is 447 g/mol. The molecule has 0 bridgehead atoms. The van der Waals surface area contributed by atoms with Gasteiger partial charge in [0.05, 0.1) is 11.3 Å². The summed E-state index contributed by atoms with van der Waals surface area (Å²) >= 11 is 0. The lowest BCUT2D eigenvalue weighted by molar-refractivity contribution is -0.123. The molecular weight excluding hydrogens is 418 g/mol. The molecule has 7 nitrogen and oxygen atoms in total. The zero-order chi connectivity index (χ0) is 23.8. The summed E-state index contributed by atoms with van der Waals surface area (Å²) in [6, 6.07) is 11.3. The average Bonchev–Trinajstić information content (AvgIpc) is 3.12. The molecule has 0 saturated carbocycles. The zero-order valence-electron chi connectivity index (χ0n) is 19.1. The quantitative estimate of drug-likeness (QED) is 0.623. The Morgan fingerprint density at radius 2 is 1.79 bits per heavy atom. The lowest BCUT2D eigenvalue weighted by atomic mass is 9.92. The van der Waals surface area contributed by atoms with Crippen LogP contribution in [-0.4, -0.2) is 46.4 Å². The highest BCUT2D eigenvalue weighted by Gasteiger charge is 2.43. The third-order valence-electron chi connectivity index (χ3n) is 5.81. The van der Waals surface area contributed by atoms with Crippen molar-refractivity contribution in [1.82, 2.24) is 10.2 Å². The number of rotatable bonds is 4. The van der Waals surface area contributed by atoms with Crippen LogP contribution in [0.3, 0.4) is 0 Å². The van der Waals surface area contributed by atoms with Gasteiger partial charge in [-0.05, 0) is 47.2 Å². The van der Waals surface area contributed by atoms with E-state index in [9.17, 15) is 19.5 Å². The van der Waals surface area contributed by atoms with Crippen LogP contribution in [0.2, 0.25) is 0 Å². The molecule has 3 amide bonds. The van der Waals surface area contributed by atoms with E-state index in [1.54, 1.807) is 41.3 Å². The summed E-state index contributed by atoms with van der Waals surface area (Å²) in [4.78, 5) is 40.1. The number of nitrogens with zero attached hydrogens (tertiary/aromatic N) is 1. The maximum absolute atomic E-state index is 13.4. The Labute approximate surface area is 193 Å². The molecule has 2 aliphatic rings. The minimum absolute atomic E-state index is 0.0694. The number of aromatic hydroxyl groups is 1. The van der Waals surface area contributed by atoms with E-state index in [1.165, 1.54) is 0 Å². The molecule has 2 aromatic carbocycles. The van der Waals surface area contributed by atoms with Gasteiger partial charge < -0.3 is 20.6 Å². The van der Waals surface area contributed by atoms with Crippen LogP contribution in [0.4, 0.5) is 5.69 Å². The molecule has 172 valence electrons. The van der Waals surface area contributed by atoms with Gasteiger partial charge in [-0.1, -0.05) is 51.1 Å². The van der Waals surface area contributed by atoms with E-state index in [1.807, 2.05) is 39.0 Å². The molecule has 0 unspecified atom stereocenters. The summed E-state index contributed by atoms with van der Waals surface area (Å²) in [5.74, 6) is -0.325. The molecule has 7 heteroatoms. The first kappa shape index (κ1) is 22.6. The number of nitrogens with one attached hydrogen (secondary N) is 2. The molecule has 3 N–H and O–H groups in total. The lowest BCUT2D eigenvalue weighted by Crippen LogP contribution is -2.41. The molecule has 4 rings (SSSR count). The third kappa shape index (κ3) is 5.25. The summed E-state index contributed by atoms with van der Waals surface area (Å²) in [5.41, 5.74) is 2.52. The van der Waals surface area contributed by atoms with Gasteiger partial charge >= 0.3 is 0 Å². The fourth-order valence-electron chi connectivity index (χ4n) is 4.27. The highest BCUT2D eigenvalue weighted by atomic mass is 16.3. The fourth-order valence-corrected chi connectivity index (χ4v) is 4.27. The average molecular weight is 448 g/mol. The number of carbonyl (C=O) groups is 3. The first-order valence-electron chi connectivity index (χ1n) is 11.1. The van der Waals surface area contributed by atoms with E-state index in [0.29, 0.717) is 30.6 Å². The zero-order valence-corrected chi connectivity index (χ0v) is 19.1. The van der Waals surface area contributed by atoms with Gasteiger partial charge in [-0.15, -0.1) is 0 Å². The Morgan fingerprint density at radius 1 is 1.12 bits per heavy atom. The van der Waals surface area contributed by atoms with Crippen molar-refractivity contribution >= 4 is 35.6 Å². The van der Waals surface area contributed by atoms with E-state index >= 15 is 0 Å². The Hall–Kier alpha value is -3.61. The Bertz CT molecular complexity index is 1120. The van der Waals surface area contributed by atoms with Crippen molar-refractivity contribution in [3.63, 3.8) is 0 Å². The second-order valence-electron chi connectivity index (χ2n) is 9.93. The second kappa shape index (κ2) is 8.73. The Kier molecular flexibility index (Phi) is 5.97. The predicted octanol–water partition coefficient (Wildman–Crippen LogP) is 3.65. The second-order valence-corrected chi connectivity index (χ2v) is 9.93. The molecule has 2 heterocycles. The number of fused-ring (bicyclic) bond motifs is 2. The van der Waals surface area contributed by atoms with Gasteiger partial charge in [0, 0.05) is 19.0 Å². The van der Waals surface area contributed by atoms with Crippen LogP contribution in [0, 0.1) is 5.41 Å². The molecule has 1 saturated heterocycles. The summed E-state index contributed by atoms with van der Waals surface area (Å²) in [6.07, 6.45) is 4.55. The summed E-state index contributed by atoms with van der Waals surface area (Å²) < 4.78 is 0. The van der Waals surface area contributed by atoms with Gasteiger partial charge in [0.25, 0.3) is 5.91 Å². The van der Waals surface area contributed by atoms with Crippen LogP contribution in [0.1, 0.15) is 55.1 Å². The number of carbonyl (C=O) groups excluding carboxylic acids is 3. The van der Waals surface area contributed by atoms with Gasteiger partial charge in [0.15, 0.2) is 0 Å². The van der Waals surface area contributed by atoms with E-state index in [0.717, 1.165) is 11.1 Å². The highest BCUT2D eigenvalue weighted by molar-refractivity contribution is 6.10. The largest absolute Gasteiger partial charge is 0.508 e. The van der Waals surface area contributed by atoms with Crippen LogP contribution in [0.5, 0.6) is 5.75 Å². The molecule has 2 aliphatic heterocycles. The van der Waals surface area contributed by atoms with Crippen molar-refractivity contribution in [2.24, 2.45) is 5.41 Å². The summed E-state index contributed by atoms with van der Waals surface area (Å²) in [5, 5.41) is 15.3. The SMILES string of the molecule is CC(C)(C)CC(=O)N[C@H]1C[C@H]2C(=O)Nc3ccc(/C=C/c4ccc(O)cc4)cc3C(=O)N2C1. The van der Waals surface area contributed by atoms with Crippen molar-refractivity contribution in [2.45, 2.75) is 45.7 Å². The van der Waals surface area contributed by atoms with Crippen LogP contribution in [0.25, 0.3) is 12.2 Å². The van der Waals surface area contributed by atoms with Crippen molar-refractivity contribution < 1.29 is 19.5 Å².